The number of aryl methyl sites for hydroxylation is 1. The summed E-state index contributed by atoms with van der Waals surface area (Å²) >= 11 is 0. The second-order valence-corrected chi connectivity index (χ2v) is 10.1. The number of piperazine rings is 1. The molecule has 4 amide bonds. The highest BCUT2D eigenvalue weighted by Crippen LogP contribution is 2.29. The van der Waals surface area contributed by atoms with Crippen LogP contribution in [0.3, 0.4) is 0 Å². The highest BCUT2D eigenvalue weighted by molar-refractivity contribution is 5.91. The van der Waals surface area contributed by atoms with E-state index in [-0.39, 0.29) is 55.7 Å². The van der Waals surface area contributed by atoms with Gasteiger partial charge in [-0.3, -0.25) is 9.59 Å². The Kier molecular flexibility index (Phi) is 7.25. The van der Waals surface area contributed by atoms with E-state index in [2.05, 4.69) is 10.3 Å². The second-order valence-electron chi connectivity index (χ2n) is 10.1. The predicted octanol–water partition coefficient (Wildman–Crippen LogP) is 1.87. The third-order valence-corrected chi connectivity index (χ3v) is 7.41. The zero-order valence-electron chi connectivity index (χ0n) is 22.3. The molecule has 39 heavy (non-hydrogen) atoms. The topological polar surface area (TPSA) is 114 Å². The summed E-state index contributed by atoms with van der Waals surface area (Å²) in [5.74, 6) is 0.383. The lowest BCUT2D eigenvalue weighted by molar-refractivity contribution is -0.187. The SMILES string of the molecule is C[C@H](NC(=O)N1C2CN(Cc3nccn3C)C(=O)[C@H](Cc3ccc(O)cc3)N2C(=O)CN1C)c1ccccc1. The van der Waals surface area contributed by atoms with Gasteiger partial charge in [-0.15, -0.1) is 0 Å². The van der Waals surface area contributed by atoms with Crippen LogP contribution in [0.5, 0.6) is 5.75 Å². The number of amides is 4. The summed E-state index contributed by atoms with van der Waals surface area (Å²) < 4.78 is 1.85. The Labute approximate surface area is 227 Å². The molecule has 3 atom stereocenters. The number of nitrogens with zero attached hydrogens (tertiary/aromatic N) is 6. The van der Waals surface area contributed by atoms with Crippen LogP contribution in [0.4, 0.5) is 4.79 Å². The molecule has 11 heteroatoms. The van der Waals surface area contributed by atoms with Gasteiger partial charge in [0.05, 0.1) is 25.7 Å². The molecule has 3 heterocycles. The van der Waals surface area contributed by atoms with E-state index < -0.39 is 12.2 Å². The van der Waals surface area contributed by atoms with Crippen molar-refractivity contribution in [2.24, 2.45) is 7.05 Å². The molecule has 2 N–H and O–H groups in total. The summed E-state index contributed by atoms with van der Waals surface area (Å²) in [4.78, 5) is 48.6. The number of aromatic nitrogens is 2. The van der Waals surface area contributed by atoms with Gasteiger partial charge in [0.1, 0.15) is 23.8 Å². The highest BCUT2D eigenvalue weighted by Gasteiger charge is 2.50. The number of aromatic hydroxyl groups is 1. The number of rotatable bonds is 6. The number of hydrazine groups is 1. The van der Waals surface area contributed by atoms with Crippen LogP contribution in [0.1, 0.15) is 29.9 Å². The highest BCUT2D eigenvalue weighted by atomic mass is 16.3. The van der Waals surface area contributed by atoms with E-state index in [4.69, 9.17) is 0 Å². The van der Waals surface area contributed by atoms with E-state index in [0.29, 0.717) is 5.82 Å². The lowest BCUT2D eigenvalue weighted by Gasteiger charge is -2.54. The minimum atomic E-state index is -0.823. The number of likely N-dealkylation sites (N-methyl/N-ethyl adjacent to an activating group) is 1. The molecule has 204 valence electrons. The number of hydrogen-bond acceptors (Lipinski definition) is 6. The molecular formula is C28H33N7O4. The fraction of sp³-hybridized carbons (Fsp3) is 0.357. The first kappa shape index (κ1) is 26.2. The molecule has 1 aromatic heterocycles. The Morgan fingerprint density at radius 3 is 2.49 bits per heavy atom. The number of carbonyl (C=O) groups excluding carboxylic acids is 3. The molecule has 0 aliphatic carbocycles. The Bertz CT molecular complexity index is 1340. The molecule has 2 fully saturated rings. The van der Waals surface area contributed by atoms with E-state index in [1.807, 2.05) is 55.1 Å². The predicted molar refractivity (Wildman–Crippen MR) is 143 cm³/mol. The largest absolute Gasteiger partial charge is 0.508 e. The Morgan fingerprint density at radius 1 is 1.10 bits per heavy atom. The van der Waals surface area contributed by atoms with Crippen molar-refractivity contribution in [3.05, 3.63) is 83.9 Å². The molecule has 2 saturated heterocycles. The number of carbonyl (C=O) groups is 3. The van der Waals surface area contributed by atoms with Crippen LogP contribution in [-0.4, -0.2) is 84.7 Å². The molecule has 0 radical (unpaired) electrons. The number of imidazole rings is 1. The zero-order valence-corrected chi connectivity index (χ0v) is 22.3. The molecule has 2 aliphatic heterocycles. The summed E-state index contributed by atoms with van der Waals surface area (Å²) in [6.07, 6.45) is 3.02. The number of urea groups is 1. The van der Waals surface area contributed by atoms with Crippen molar-refractivity contribution in [1.29, 1.82) is 0 Å². The van der Waals surface area contributed by atoms with E-state index in [9.17, 15) is 19.5 Å². The van der Waals surface area contributed by atoms with Crippen LogP contribution < -0.4 is 5.32 Å². The van der Waals surface area contributed by atoms with Gasteiger partial charge in [-0.25, -0.2) is 19.8 Å². The maximum Gasteiger partial charge on any atom is 0.334 e. The molecule has 2 aliphatic rings. The first-order chi connectivity index (χ1) is 18.7. The van der Waals surface area contributed by atoms with E-state index in [0.717, 1.165) is 11.1 Å². The van der Waals surface area contributed by atoms with E-state index in [1.54, 1.807) is 57.3 Å². The monoisotopic (exact) mass is 531 g/mol. The van der Waals surface area contributed by atoms with Crippen LogP contribution in [0, 0.1) is 0 Å². The average molecular weight is 532 g/mol. The Morgan fingerprint density at radius 2 is 1.82 bits per heavy atom. The Balaban J connectivity index is 1.47. The fourth-order valence-corrected chi connectivity index (χ4v) is 5.30. The lowest BCUT2D eigenvalue weighted by Crippen LogP contribution is -2.76. The molecule has 0 saturated carbocycles. The van der Waals surface area contributed by atoms with Crippen molar-refractivity contribution in [3.63, 3.8) is 0 Å². The summed E-state index contributed by atoms with van der Waals surface area (Å²) in [6, 6.07) is 14.8. The van der Waals surface area contributed by atoms with Gasteiger partial charge in [-0.05, 0) is 30.2 Å². The summed E-state index contributed by atoms with van der Waals surface area (Å²) in [5, 5.41) is 15.9. The van der Waals surface area contributed by atoms with Gasteiger partial charge < -0.3 is 24.8 Å². The van der Waals surface area contributed by atoms with Crippen LogP contribution in [-0.2, 0) is 29.6 Å². The normalized spacial score (nSPS) is 20.6. The molecule has 3 aromatic rings. The number of nitrogens with one attached hydrogen (secondary N) is 1. The molecule has 0 bridgehead atoms. The molecule has 0 spiro atoms. The van der Waals surface area contributed by atoms with E-state index >= 15 is 0 Å². The average Bonchev–Trinajstić information content (AvgIpc) is 3.32. The van der Waals surface area contributed by atoms with Crippen molar-refractivity contribution in [2.75, 3.05) is 20.1 Å². The molecular weight excluding hydrogens is 498 g/mol. The van der Waals surface area contributed by atoms with Crippen molar-refractivity contribution >= 4 is 17.8 Å². The smallest absolute Gasteiger partial charge is 0.334 e. The van der Waals surface area contributed by atoms with Crippen molar-refractivity contribution in [3.8, 4) is 5.75 Å². The summed E-state index contributed by atoms with van der Waals surface area (Å²) in [6.45, 7) is 2.25. The van der Waals surface area contributed by atoms with Crippen LogP contribution in [0.2, 0.25) is 0 Å². The second kappa shape index (κ2) is 10.8. The van der Waals surface area contributed by atoms with Gasteiger partial charge in [0.2, 0.25) is 11.8 Å². The quantitative estimate of drug-likeness (QED) is 0.502. The Hall–Kier alpha value is -4.38. The third kappa shape index (κ3) is 5.30. The first-order valence-electron chi connectivity index (χ1n) is 12.9. The minimum Gasteiger partial charge on any atom is -0.508 e. The van der Waals surface area contributed by atoms with Gasteiger partial charge in [0.25, 0.3) is 0 Å². The maximum atomic E-state index is 13.9. The van der Waals surface area contributed by atoms with Gasteiger partial charge >= 0.3 is 6.03 Å². The molecule has 5 rings (SSSR count). The lowest BCUT2D eigenvalue weighted by atomic mass is 9.98. The standard InChI is InChI=1S/C28H33N7O4/c1-19(21-7-5-4-6-8-21)30-28(39)35-25-17-33(16-24-29-13-14-31(24)2)27(38)23(34(25)26(37)18-32(35)3)15-20-9-11-22(36)12-10-20/h4-14,19,23,25,36H,15-18H2,1-3H3,(H,30,39)/t19-,23-,25?/m0/s1. The van der Waals surface area contributed by atoms with E-state index in [1.165, 1.54) is 0 Å². The van der Waals surface area contributed by atoms with Gasteiger partial charge in [0, 0.05) is 32.9 Å². The maximum absolute atomic E-state index is 13.9. The zero-order chi connectivity index (χ0) is 27.7. The summed E-state index contributed by atoms with van der Waals surface area (Å²) in [5.41, 5.74) is 1.75. The van der Waals surface area contributed by atoms with Crippen LogP contribution >= 0.6 is 0 Å². The van der Waals surface area contributed by atoms with Crippen LogP contribution in [0.25, 0.3) is 0 Å². The van der Waals surface area contributed by atoms with Crippen molar-refractivity contribution < 1.29 is 19.5 Å². The van der Waals surface area contributed by atoms with Gasteiger partial charge in [-0.1, -0.05) is 42.5 Å². The molecule has 2 aromatic carbocycles. The number of phenols is 1. The third-order valence-electron chi connectivity index (χ3n) is 7.41. The number of phenolic OH excluding ortho intramolecular Hbond substituents is 1. The number of fused-ring (bicyclic) bond motifs is 1. The molecule has 11 nitrogen and oxygen atoms in total. The summed E-state index contributed by atoms with van der Waals surface area (Å²) in [7, 11) is 3.57. The number of hydrogen-bond donors (Lipinski definition) is 2. The van der Waals surface area contributed by atoms with Gasteiger partial charge in [0.15, 0.2) is 0 Å². The minimum absolute atomic E-state index is 0.0393. The van der Waals surface area contributed by atoms with Crippen LogP contribution in [0.15, 0.2) is 67.0 Å². The van der Waals surface area contributed by atoms with Crippen molar-refractivity contribution in [1.82, 2.24) is 34.7 Å². The molecule has 1 unspecified atom stereocenters. The fourth-order valence-electron chi connectivity index (χ4n) is 5.30. The number of benzene rings is 2. The van der Waals surface area contributed by atoms with Crippen molar-refractivity contribution in [2.45, 2.75) is 38.1 Å². The first-order valence-corrected chi connectivity index (χ1v) is 12.9. The van der Waals surface area contributed by atoms with Gasteiger partial charge in [-0.2, -0.15) is 0 Å².